The van der Waals surface area contributed by atoms with E-state index in [9.17, 15) is 4.79 Å². The highest BCUT2D eigenvalue weighted by molar-refractivity contribution is 5.95. The molecule has 0 aliphatic carbocycles. The Kier molecular flexibility index (Phi) is 3.30. The van der Waals surface area contributed by atoms with Crippen LogP contribution in [-0.4, -0.2) is 44.1 Å². The molecule has 2 aliphatic rings. The molecule has 1 aromatic rings. The van der Waals surface area contributed by atoms with Crippen LogP contribution in [0.2, 0.25) is 0 Å². The number of hydrogen-bond donors (Lipinski definition) is 2. The Hall–Kier alpha value is -1.75. The summed E-state index contributed by atoms with van der Waals surface area (Å²) >= 11 is 0. The second-order valence-corrected chi connectivity index (χ2v) is 5.86. The summed E-state index contributed by atoms with van der Waals surface area (Å²) in [7, 11) is 1.57. The zero-order valence-corrected chi connectivity index (χ0v) is 11.8. The maximum Gasteiger partial charge on any atom is 0.253 e. The van der Waals surface area contributed by atoms with Crippen molar-refractivity contribution in [3.05, 3.63) is 23.8 Å². The number of nitrogens with one attached hydrogen (secondary N) is 1. The van der Waals surface area contributed by atoms with E-state index in [1.807, 2.05) is 4.90 Å². The second kappa shape index (κ2) is 4.98. The first kappa shape index (κ1) is 13.2. The van der Waals surface area contributed by atoms with Gasteiger partial charge in [-0.05, 0) is 37.6 Å². The van der Waals surface area contributed by atoms with Gasteiger partial charge in [0.2, 0.25) is 0 Å². The van der Waals surface area contributed by atoms with Gasteiger partial charge in [-0.1, -0.05) is 0 Å². The Morgan fingerprint density at radius 3 is 2.95 bits per heavy atom. The van der Waals surface area contributed by atoms with Crippen LogP contribution in [0.25, 0.3) is 0 Å². The molecule has 3 rings (SSSR count). The van der Waals surface area contributed by atoms with Crippen LogP contribution in [0.3, 0.4) is 0 Å². The Balaban J connectivity index is 1.75. The first-order valence-electron chi connectivity index (χ1n) is 7.07. The molecular formula is C15H21N3O2. The lowest BCUT2D eigenvalue weighted by Crippen LogP contribution is -2.33. The number of methoxy groups -OCH3 is 1. The minimum absolute atomic E-state index is 0.0723. The number of likely N-dealkylation sites (tertiary alicyclic amines) is 1. The van der Waals surface area contributed by atoms with Gasteiger partial charge < -0.3 is 20.7 Å². The summed E-state index contributed by atoms with van der Waals surface area (Å²) in [6.07, 6.45) is 2.26. The predicted molar refractivity (Wildman–Crippen MR) is 77.8 cm³/mol. The van der Waals surface area contributed by atoms with Gasteiger partial charge in [0.15, 0.2) is 0 Å². The molecule has 20 heavy (non-hydrogen) atoms. The number of amides is 1. The molecule has 0 radical (unpaired) electrons. The van der Waals surface area contributed by atoms with Crippen molar-refractivity contribution >= 4 is 11.6 Å². The van der Waals surface area contributed by atoms with Crippen LogP contribution in [0.15, 0.2) is 18.2 Å². The molecule has 5 nitrogen and oxygen atoms in total. The number of rotatable bonds is 2. The quantitative estimate of drug-likeness (QED) is 0.793. The van der Waals surface area contributed by atoms with Gasteiger partial charge in [0.05, 0.1) is 12.8 Å². The highest BCUT2D eigenvalue weighted by Crippen LogP contribution is 2.36. The van der Waals surface area contributed by atoms with E-state index < -0.39 is 0 Å². The van der Waals surface area contributed by atoms with Crippen LogP contribution in [0.4, 0.5) is 5.69 Å². The van der Waals surface area contributed by atoms with E-state index >= 15 is 0 Å². The molecule has 2 aliphatic heterocycles. The molecule has 0 saturated carbocycles. The molecule has 5 heteroatoms. The third-order valence-corrected chi connectivity index (χ3v) is 4.53. The summed E-state index contributed by atoms with van der Waals surface area (Å²) in [5.74, 6) is 0.683. The maximum absolute atomic E-state index is 12.5. The van der Waals surface area contributed by atoms with Crippen molar-refractivity contribution in [2.45, 2.75) is 12.8 Å². The van der Waals surface area contributed by atoms with Gasteiger partial charge in [-0.3, -0.25) is 4.79 Å². The van der Waals surface area contributed by atoms with Crippen LogP contribution < -0.4 is 15.8 Å². The van der Waals surface area contributed by atoms with Crippen molar-refractivity contribution in [1.29, 1.82) is 0 Å². The van der Waals surface area contributed by atoms with E-state index in [4.69, 9.17) is 10.5 Å². The zero-order chi connectivity index (χ0) is 14.2. The lowest BCUT2D eigenvalue weighted by Gasteiger charge is -2.23. The smallest absolute Gasteiger partial charge is 0.253 e. The van der Waals surface area contributed by atoms with Crippen molar-refractivity contribution in [2.24, 2.45) is 5.41 Å². The fourth-order valence-corrected chi connectivity index (χ4v) is 3.30. The fraction of sp³-hybridized carbons (Fsp3) is 0.533. The number of hydrogen-bond acceptors (Lipinski definition) is 4. The van der Waals surface area contributed by atoms with Crippen LogP contribution in [0, 0.1) is 5.41 Å². The molecule has 2 saturated heterocycles. The molecule has 3 N–H and O–H groups in total. The zero-order valence-electron chi connectivity index (χ0n) is 11.8. The number of ether oxygens (including phenoxy) is 1. The summed E-state index contributed by atoms with van der Waals surface area (Å²) < 4.78 is 5.12. The fourth-order valence-electron chi connectivity index (χ4n) is 3.30. The Labute approximate surface area is 119 Å². The van der Waals surface area contributed by atoms with Gasteiger partial charge >= 0.3 is 0 Å². The van der Waals surface area contributed by atoms with Gasteiger partial charge in [0.25, 0.3) is 5.91 Å². The monoisotopic (exact) mass is 275 g/mol. The van der Waals surface area contributed by atoms with Crippen LogP contribution >= 0.6 is 0 Å². The lowest BCUT2D eigenvalue weighted by atomic mass is 9.86. The van der Waals surface area contributed by atoms with Crippen LogP contribution in [0.5, 0.6) is 5.75 Å². The standard InChI is InChI=1S/C15H21N3O2/c1-20-13-3-2-11(8-12(13)16)14(19)18-7-5-15(10-18)4-6-17-9-15/h2-3,8,17H,4-7,9-10,16H2,1H3. The Morgan fingerprint density at radius 2 is 2.30 bits per heavy atom. The summed E-state index contributed by atoms with van der Waals surface area (Å²) in [4.78, 5) is 14.5. The molecule has 2 fully saturated rings. The number of anilines is 1. The van der Waals surface area contributed by atoms with Crippen molar-refractivity contribution in [1.82, 2.24) is 10.2 Å². The molecule has 2 heterocycles. The van der Waals surface area contributed by atoms with Gasteiger partial charge in [-0.2, -0.15) is 0 Å². The topological polar surface area (TPSA) is 67.6 Å². The number of nitrogens with two attached hydrogens (primary N) is 1. The lowest BCUT2D eigenvalue weighted by molar-refractivity contribution is 0.0776. The minimum atomic E-state index is 0.0723. The SMILES string of the molecule is COc1ccc(C(=O)N2CCC3(CCNC3)C2)cc1N. The summed E-state index contributed by atoms with van der Waals surface area (Å²) in [5, 5.41) is 3.40. The normalized spacial score (nSPS) is 25.4. The van der Waals surface area contributed by atoms with Crippen LogP contribution in [0.1, 0.15) is 23.2 Å². The summed E-state index contributed by atoms with van der Waals surface area (Å²) in [6, 6.07) is 5.25. The van der Waals surface area contributed by atoms with E-state index in [0.29, 0.717) is 22.4 Å². The molecule has 1 aromatic carbocycles. The molecule has 1 spiro atoms. The van der Waals surface area contributed by atoms with Crippen molar-refractivity contribution in [2.75, 3.05) is 39.0 Å². The maximum atomic E-state index is 12.5. The first-order chi connectivity index (χ1) is 9.63. The molecule has 1 unspecified atom stereocenters. The van der Waals surface area contributed by atoms with Gasteiger partial charge in [-0.25, -0.2) is 0 Å². The van der Waals surface area contributed by atoms with Gasteiger partial charge in [-0.15, -0.1) is 0 Å². The molecule has 1 amide bonds. The van der Waals surface area contributed by atoms with Gasteiger partial charge in [0.1, 0.15) is 5.75 Å². The molecule has 1 atom stereocenters. The number of carbonyl (C=O) groups excluding carboxylic acids is 1. The average Bonchev–Trinajstić information content (AvgIpc) is 3.09. The third-order valence-electron chi connectivity index (χ3n) is 4.53. The third kappa shape index (κ3) is 2.22. The highest BCUT2D eigenvalue weighted by atomic mass is 16.5. The van der Waals surface area contributed by atoms with Crippen molar-refractivity contribution in [3.8, 4) is 5.75 Å². The average molecular weight is 275 g/mol. The molecular weight excluding hydrogens is 254 g/mol. The second-order valence-electron chi connectivity index (χ2n) is 5.86. The van der Waals surface area contributed by atoms with E-state index in [2.05, 4.69) is 5.32 Å². The van der Waals surface area contributed by atoms with Crippen molar-refractivity contribution in [3.63, 3.8) is 0 Å². The van der Waals surface area contributed by atoms with E-state index in [1.54, 1.807) is 25.3 Å². The predicted octanol–water partition coefficient (Wildman–Crippen LogP) is 1.10. The van der Waals surface area contributed by atoms with Gasteiger partial charge in [0, 0.05) is 30.6 Å². The molecule has 0 aromatic heterocycles. The molecule has 108 valence electrons. The summed E-state index contributed by atoms with van der Waals surface area (Å²) in [5.41, 5.74) is 7.33. The largest absolute Gasteiger partial charge is 0.495 e. The van der Waals surface area contributed by atoms with E-state index in [1.165, 1.54) is 6.42 Å². The number of nitrogen functional groups attached to an aromatic ring is 1. The van der Waals surface area contributed by atoms with E-state index in [-0.39, 0.29) is 5.91 Å². The Morgan fingerprint density at radius 1 is 1.45 bits per heavy atom. The Bertz CT molecular complexity index is 524. The number of benzene rings is 1. The van der Waals surface area contributed by atoms with E-state index in [0.717, 1.165) is 32.6 Å². The number of nitrogens with zero attached hydrogens (tertiary/aromatic N) is 1. The molecule has 0 bridgehead atoms. The van der Waals surface area contributed by atoms with Crippen LogP contribution in [-0.2, 0) is 0 Å². The summed E-state index contributed by atoms with van der Waals surface area (Å²) in [6.45, 7) is 3.79. The van der Waals surface area contributed by atoms with Crippen molar-refractivity contribution < 1.29 is 9.53 Å². The number of carbonyl (C=O) groups is 1. The highest BCUT2D eigenvalue weighted by Gasteiger charge is 2.41. The minimum Gasteiger partial charge on any atom is -0.495 e. The first-order valence-corrected chi connectivity index (χ1v) is 7.07.